The van der Waals surface area contributed by atoms with E-state index < -0.39 is 110 Å². The molecule has 0 spiro atoms. The van der Waals surface area contributed by atoms with Gasteiger partial charge in [0.05, 0.1) is 37.4 Å². The van der Waals surface area contributed by atoms with Gasteiger partial charge in [-0.2, -0.15) is 0 Å². The normalized spacial score (nSPS) is 42.4. The molecule has 46 heavy (non-hydrogen) atoms. The van der Waals surface area contributed by atoms with E-state index in [9.17, 15) is 45.7 Å². The van der Waals surface area contributed by atoms with Crippen LogP contribution >= 0.6 is 0 Å². The van der Waals surface area contributed by atoms with E-state index in [0.717, 1.165) is 0 Å². The number of hydroxylamine groups is 2. The summed E-state index contributed by atoms with van der Waals surface area (Å²) in [6.45, 7) is -1.08. The minimum atomic E-state index is -1.73. The second kappa shape index (κ2) is 17.8. The summed E-state index contributed by atoms with van der Waals surface area (Å²) in [7, 11) is 0. The maximum absolute atomic E-state index is 12.7. The first kappa shape index (κ1) is 39.0. The van der Waals surface area contributed by atoms with Gasteiger partial charge in [-0.15, -0.1) is 0 Å². The number of aliphatic hydroxyl groups is 7. The Morgan fingerprint density at radius 2 is 1.54 bits per heavy atom. The Morgan fingerprint density at radius 3 is 2.15 bits per heavy atom. The standard InChI is InChI=1S/C25H52N8O13/c26-2-1-9(35)7-31-15-19(39)17(37)12(6-28)43-23(15)45-21-10(29)5-11(32-25(41)33(42)4-3-27)22(20(21)40)46-24-18(38)14(30)16(36)13(8-34)44-24/h9-24,31,34-40,42H,1-8,26-30H2,(H,32,41)/t9?,10-,11+,12+,13+,14-,15+,16+,17+,18+,19+,20-,21?,22-,23+,24+/m0/s1. The average molecular weight is 673 g/mol. The van der Waals surface area contributed by atoms with Crippen molar-refractivity contribution in [3.05, 3.63) is 0 Å². The Hall–Kier alpha value is -1.45. The fourth-order valence-corrected chi connectivity index (χ4v) is 5.76. The van der Waals surface area contributed by atoms with E-state index in [4.69, 9.17) is 47.6 Å². The molecule has 2 saturated heterocycles. The number of rotatable bonds is 14. The van der Waals surface area contributed by atoms with Crippen molar-refractivity contribution >= 4 is 6.03 Å². The molecule has 2 heterocycles. The fraction of sp³-hybridized carbons (Fsp3) is 0.960. The highest BCUT2D eigenvalue weighted by Gasteiger charge is 2.52. The fourth-order valence-electron chi connectivity index (χ4n) is 5.76. The van der Waals surface area contributed by atoms with Gasteiger partial charge in [-0.25, -0.2) is 9.86 Å². The van der Waals surface area contributed by atoms with Crippen molar-refractivity contribution in [2.45, 2.75) is 111 Å². The van der Waals surface area contributed by atoms with Gasteiger partial charge >= 0.3 is 6.03 Å². The molecule has 3 fully saturated rings. The summed E-state index contributed by atoms with van der Waals surface area (Å²) in [5.74, 6) is 0. The molecule has 16 atom stereocenters. The molecule has 3 aliphatic rings. The number of hydrogen-bond acceptors (Lipinski definition) is 19. The van der Waals surface area contributed by atoms with Gasteiger partial charge in [0.2, 0.25) is 0 Å². The first-order valence-corrected chi connectivity index (χ1v) is 15.2. The van der Waals surface area contributed by atoms with Crippen LogP contribution in [0.4, 0.5) is 4.79 Å². The summed E-state index contributed by atoms with van der Waals surface area (Å²) in [6, 6.07) is -5.69. The van der Waals surface area contributed by atoms with Crippen LogP contribution in [0.2, 0.25) is 0 Å². The number of hydrogen-bond donors (Lipinski definition) is 15. The Morgan fingerprint density at radius 1 is 0.891 bits per heavy atom. The molecule has 3 rings (SSSR count). The predicted octanol–water partition coefficient (Wildman–Crippen LogP) is -8.58. The molecule has 0 aromatic rings. The van der Waals surface area contributed by atoms with Crippen molar-refractivity contribution in [3.63, 3.8) is 0 Å². The lowest BCUT2D eigenvalue weighted by Crippen LogP contribution is -2.70. The van der Waals surface area contributed by atoms with E-state index in [-0.39, 0.29) is 45.6 Å². The third kappa shape index (κ3) is 9.16. The molecule has 20 N–H and O–H groups in total. The molecule has 0 aromatic heterocycles. The van der Waals surface area contributed by atoms with Crippen molar-refractivity contribution in [1.29, 1.82) is 0 Å². The van der Waals surface area contributed by atoms with Crippen LogP contribution < -0.4 is 39.3 Å². The van der Waals surface area contributed by atoms with Crippen molar-refractivity contribution in [1.82, 2.24) is 15.7 Å². The lowest BCUT2D eigenvalue weighted by atomic mass is 9.83. The van der Waals surface area contributed by atoms with Crippen molar-refractivity contribution in [2.24, 2.45) is 28.7 Å². The average Bonchev–Trinajstić information content (AvgIpc) is 3.02. The van der Waals surface area contributed by atoms with Crippen LogP contribution in [0.15, 0.2) is 0 Å². The number of carbonyl (C=O) groups is 1. The molecule has 0 aromatic carbocycles. The Kier molecular flexibility index (Phi) is 15.1. The largest absolute Gasteiger partial charge is 0.394 e. The molecule has 2 aliphatic heterocycles. The second-order valence-corrected chi connectivity index (χ2v) is 11.8. The summed E-state index contributed by atoms with van der Waals surface area (Å²) in [5, 5.41) is 89.6. The molecule has 0 radical (unpaired) electrons. The van der Waals surface area contributed by atoms with Gasteiger partial charge in [-0.3, -0.25) is 5.21 Å². The van der Waals surface area contributed by atoms with Gasteiger partial charge in [0, 0.05) is 25.7 Å². The molecule has 2 amide bonds. The first-order valence-electron chi connectivity index (χ1n) is 15.2. The Labute approximate surface area is 265 Å². The molecule has 21 heteroatoms. The zero-order valence-electron chi connectivity index (χ0n) is 25.3. The van der Waals surface area contributed by atoms with Gasteiger partial charge < -0.3 is 94.0 Å². The molecular weight excluding hydrogens is 620 g/mol. The zero-order chi connectivity index (χ0) is 34.3. The van der Waals surface area contributed by atoms with Crippen LogP contribution in [0.25, 0.3) is 0 Å². The Balaban J connectivity index is 1.89. The highest BCUT2D eigenvalue weighted by Crippen LogP contribution is 2.32. The predicted molar refractivity (Wildman–Crippen MR) is 155 cm³/mol. The minimum absolute atomic E-state index is 0.0678. The molecule has 1 aliphatic carbocycles. The van der Waals surface area contributed by atoms with Gasteiger partial charge in [-0.1, -0.05) is 0 Å². The maximum Gasteiger partial charge on any atom is 0.341 e. The number of ether oxygens (including phenoxy) is 4. The van der Waals surface area contributed by atoms with E-state index in [0.29, 0.717) is 5.06 Å². The van der Waals surface area contributed by atoms with Crippen LogP contribution in [-0.2, 0) is 18.9 Å². The SMILES string of the molecule is NCCC(O)CN[C@H]1[C@@H](OC2[C@@H](N)C[C@@H](NC(=O)N(O)CCN)[C@H](O[C@H]3O[C@H](CO)[C@@H](O)[C@H](N)[C@H]3O)[C@H]2O)O[C@H](CN)[C@@H](O)[C@@H]1O. The van der Waals surface area contributed by atoms with Crippen molar-refractivity contribution < 1.29 is 64.7 Å². The number of urea groups is 1. The third-order valence-electron chi connectivity index (χ3n) is 8.44. The van der Waals surface area contributed by atoms with Gasteiger partial charge in [-0.05, 0) is 19.4 Å². The number of nitrogens with two attached hydrogens (primary N) is 5. The maximum atomic E-state index is 12.7. The quantitative estimate of drug-likeness (QED) is 0.0601. The number of aliphatic hydroxyl groups excluding tert-OH is 7. The Bertz CT molecular complexity index is 933. The number of nitrogens with zero attached hydrogens (tertiary/aromatic N) is 1. The number of amides is 2. The summed E-state index contributed by atoms with van der Waals surface area (Å²) in [6.07, 6.45) is -16.8. The van der Waals surface area contributed by atoms with E-state index in [1.807, 2.05) is 0 Å². The van der Waals surface area contributed by atoms with Crippen LogP contribution in [0, 0.1) is 0 Å². The van der Waals surface area contributed by atoms with Crippen LogP contribution in [0.3, 0.4) is 0 Å². The van der Waals surface area contributed by atoms with E-state index in [1.54, 1.807) is 0 Å². The molecule has 21 nitrogen and oxygen atoms in total. The van der Waals surface area contributed by atoms with Crippen molar-refractivity contribution in [2.75, 3.05) is 39.3 Å². The number of nitrogens with one attached hydrogen (secondary N) is 2. The second-order valence-electron chi connectivity index (χ2n) is 11.8. The molecule has 0 bridgehead atoms. The lowest BCUT2D eigenvalue weighted by molar-refractivity contribution is -0.321. The van der Waals surface area contributed by atoms with E-state index in [1.165, 1.54) is 0 Å². The van der Waals surface area contributed by atoms with Crippen LogP contribution in [0.5, 0.6) is 0 Å². The lowest BCUT2D eigenvalue weighted by Gasteiger charge is -2.49. The molecule has 2 unspecified atom stereocenters. The van der Waals surface area contributed by atoms with Crippen molar-refractivity contribution in [3.8, 4) is 0 Å². The molecular formula is C25H52N8O13. The first-order chi connectivity index (χ1) is 21.8. The van der Waals surface area contributed by atoms with Crippen LogP contribution in [0.1, 0.15) is 12.8 Å². The van der Waals surface area contributed by atoms with E-state index >= 15 is 0 Å². The summed E-state index contributed by atoms with van der Waals surface area (Å²) in [5.41, 5.74) is 29.0. The van der Waals surface area contributed by atoms with Gasteiger partial charge in [0.25, 0.3) is 0 Å². The number of carbonyl (C=O) groups excluding carboxylic acids is 1. The van der Waals surface area contributed by atoms with E-state index in [2.05, 4.69) is 10.6 Å². The van der Waals surface area contributed by atoms with Crippen LogP contribution in [-0.4, -0.2) is 189 Å². The van der Waals surface area contributed by atoms with Gasteiger partial charge in [0.15, 0.2) is 12.6 Å². The van der Waals surface area contributed by atoms with Gasteiger partial charge in [0.1, 0.15) is 54.9 Å². The summed E-state index contributed by atoms with van der Waals surface area (Å²) >= 11 is 0. The highest BCUT2D eigenvalue weighted by atomic mass is 16.7. The topological polar surface area (TPSA) is 373 Å². The minimum Gasteiger partial charge on any atom is -0.394 e. The highest BCUT2D eigenvalue weighted by molar-refractivity contribution is 5.73. The molecule has 1 saturated carbocycles. The summed E-state index contributed by atoms with van der Waals surface area (Å²) < 4.78 is 23.4. The summed E-state index contributed by atoms with van der Waals surface area (Å²) in [4.78, 5) is 12.7. The monoisotopic (exact) mass is 672 g/mol. The third-order valence-corrected chi connectivity index (χ3v) is 8.44. The zero-order valence-corrected chi connectivity index (χ0v) is 25.3. The molecule has 270 valence electrons. The smallest absolute Gasteiger partial charge is 0.341 e.